The Morgan fingerprint density at radius 3 is 2.63 bits per heavy atom. The van der Waals surface area contributed by atoms with Crippen LogP contribution in [0.4, 0.5) is 5.69 Å². The van der Waals surface area contributed by atoms with Crippen molar-refractivity contribution >= 4 is 11.6 Å². The smallest absolute Gasteiger partial charge is 0.311 e. The van der Waals surface area contributed by atoms with Crippen LogP contribution in [0.5, 0.6) is 5.75 Å². The van der Waals surface area contributed by atoms with Crippen LogP contribution in [0.2, 0.25) is 0 Å². The third-order valence-electron chi connectivity index (χ3n) is 3.83. The lowest BCUT2D eigenvalue weighted by molar-refractivity contribution is -0.385. The molecule has 0 aliphatic heterocycles. The summed E-state index contributed by atoms with van der Waals surface area (Å²) in [5.41, 5.74) is 0.657. The summed E-state index contributed by atoms with van der Waals surface area (Å²) in [6.07, 6.45) is 0. The Labute approximate surface area is 154 Å². The van der Waals surface area contributed by atoms with Crippen molar-refractivity contribution in [3.8, 4) is 17.2 Å². The molecule has 1 amide bonds. The van der Waals surface area contributed by atoms with Gasteiger partial charge in [0.1, 0.15) is 0 Å². The summed E-state index contributed by atoms with van der Waals surface area (Å²) in [5.74, 6) is 0.281. The number of methoxy groups -OCH3 is 1. The third kappa shape index (κ3) is 3.92. The molecule has 0 aliphatic rings. The maximum absolute atomic E-state index is 12.6. The van der Waals surface area contributed by atoms with Gasteiger partial charge in [0, 0.05) is 24.2 Å². The summed E-state index contributed by atoms with van der Waals surface area (Å²) in [6, 6.07) is 13.3. The molecule has 3 aromatic rings. The van der Waals surface area contributed by atoms with Gasteiger partial charge in [-0.05, 0) is 24.3 Å². The molecule has 0 atom stereocenters. The molecule has 0 spiro atoms. The van der Waals surface area contributed by atoms with Gasteiger partial charge in [-0.2, -0.15) is 0 Å². The molecule has 3 rings (SSSR count). The Morgan fingerprint density at radius 2 is 1.96 bits per heavy atom. The minimum atomic E-state index is -0.597. The number of amides is 1. The minimum absolute atomic E-state index is 0.0680. The predicted octanol–water partition coefficient (Wildman–Crippen LogP) is 2.93. The molecule has 0 N–H and O–H groups in total. The highest BCUT2D eigenvalue weighted by Gasteiger charge is 2.21. The Hall–Kier alpha value is -3.75. The van der Waals surface area contributed by atoms with Gasteiger partial charge < -0.3 is 14.1 Å². The average molecular weight is 368 g/mol. The summed E-state index contributed by atoms with van der Waals surface area (Å²) in [4.78, 5) is 24.4. The number of hydrogen-bond acceptors (Lipinski definition) is 7. The molecule has 1 heterocycles. The highest BCUT2D eigenvalue weighted by molar-refractivity contribution is 5.95. The molecule has 0 fully saturated rings. The van der Waals surface area contributed by atoms with Gasteiger partial charge in [-0.25, -0.2) is 0 Å². The van der Waals surface area contributed by atoms with E-state index in [0.29, 0.717) is 5.89 Å². The van der Waals surface area contributed by atoms with E-state index in [1.54, 1.807) is 7.05 Å². The molecule has 1 aromatic heterocycles. The van der Waals surface area contributed by atoms with Crippen molar-refractivity contribution in [3.63, 3.8) is 0 Å². The second-order valence-corrected chi connectivity index (χ2v) is 5.67. The molecule has 0 radical (unpaired) electrons. The number of hydrogen-bond donors (Lipinski definition) is 0. The fourth-order valence-corrected chi connectivity index (χ4v) is 2.48. The number of carbonyl (C=O) groups is 1. The number of aromatic nitrogens is 2. The van der Waals surface area contributed by atoms with Crippen molar-refractivity contribution in [2.24, 2.45) is 0 Å². The highest BCUT2D eigenvalue weighted by atomic mass is 16.6. The van der Waals surface area contributed by atoms with Crippen LogP contribution in [-0.4, -0.2) is 40.1 Å². The number of nitro groups is 1. The summed E-state index contributed by atoms with van der Waals surface area (Å²) < 4.78 is 10.5. The van der Waals surface area contributed by atoms with Gasteiger partial charge in [0.25, 0.3) is 5.91 Å². The summed E-state index contributed by atoms with van der Waals surface area (Å²) in [7, 11) is 2.88. The van der Waals surface area contributed by atoms with E-state index in [-0.39, 0.29) is 29.4 Å². The van der Waals surface area contributed by atoms with E-state index in [1.165, 1.54) is 30.2 Å². The molecule has 0 aliphatic carbocycles. The molecule has 138 valence electrons. The zero-order chi connectivity index (χ0) is 19.4. The Bertz CT molecular complexity index is 971. The molecule has 0 unspecified atom stereocenters. The lowest BCUT2D eigenvalue weighted by Crippen LogP contribution is -2.26. The quantitative estimate of drug-likeness (QED) is 0.486. The Morgan fingerprint density at radius 1 is 1.22 bits per heavy atom. The van der Waals surface area contributed by atoms with Crippen molar-refractivity contribution in [1.29, 1.82) is 0 Å². The van der Waals surface area contributed by atoms with E-state index in [1.807, 2.05) is 30.3 Å². The Balaban J connectivity index is 1.76. The van der Waals surface area contributed by atoms with Crippen LogP contribution in [0, 0.1) is 10.1 Å². The van der Waals surface area contributed by atoms with Crippen LogP contribution in [-0.2, 0) is 6.54 Å². The van der Waals surface area contributed by atoms with Gasteiger partial charge in [0.15, 0.2) is 5.75 Å². The van der Waals surface area contributed by atoms with Crippen molar-refractivity contribution in [2.75, 3.05) is 14.2 Å². The number of carbonyl (C=O) groups excluding carboxylic acids is 1. The van der Waals surface area contributed by atoms with E-state index in [9.17, 15) is 14.9 Å². The topological polar surface area (TPSA) is 112 Å². The molecule has 0 bridgehead atoms. The normalized spacial score (nSPS) is 10.4. The first-order valence-electron chi connectivity index (χ1n) is 7.95. The number of nitro benzene ring substituents is 1. The number of benzene rings is 2. The number of nitrogens with zero attached hydrogens (tertiary/aromatic N) is 4. The Kier molecular flexibility index (Phi) is 5.11. The number of ether oxygens (including phenoxy) is 1. The fourth-order valence-electron chi connectivity index (χ4n) is 2.48. The summed E-state index contributed by atoms with van der Waals surface area (Å²) in [6.45, 7) is 0.0680. The SMILES string of the molecule is COc1ccc(C(=O)N(C)Cc2nnc(-c3ccccc3)o2)cc1[N+](=O)[O-]. The highest BCUT2D eigenvalue weighted by Crippen LogP contribution is 2.28. The molecule has 27 heavy (non-hydrogen) atoms. The van der Waals surface area contributed by atoms with Crippen LogP contribution in [0.3, 0.4) is 0 Å². The summed E-state index contributed by atoms with van der Waals surface area (Å²) >= 11 is 0. The van der Waals surface area contributed by atoms with Gasteiger partial charge in [-0.1, -0.05) is 18.2 Å². The van der Waals surface area contributed by atoms with Gasteiger partial charge >= 0.3 is 5.69 Å². The lowest BCUT2D eigenvalue weighted by Gasteiger charge is -2.15. The van der Waals surface area contributed by atoms with E-state index in [0.717, 1.165) is 5.56 Å². The fraction of sp³-hybridized carbons (Fsp3) is 0.167. The molecule has 2 aromatic carbocycles. The van der Waals surface area contributed by atoms with Crippen molar-refractivity contribution in [3.05, 3.63) is 70.1 Å². The molecule has 9 nitrogen and oxygen atoms in total. The van der Waals surface area contributed by atoms with Crippen LogP contribution < -0.4 is 4.74 Å². The van der Waals surface area contributed by atoms with Crippen LogP contribution in [0.15, 0.2) is 52.9 Å². The van der Waals surface area contributed by atoms with Crippen molar-refractivity contribution in [1.82, 2.24) is 15.1 Å². The third-order valence-corrected chi connectivity index (χ3v) is 3.83. The first-order valence-corrected chi connectivity index (χ1v) is 7.95. The molecular weight excluding hydrogens is 352 g/mol. The molecular formula is C18H16N4O5. The predicted molar refractivity (Wildman–Crippen MR) is 95.2 cm³/mol. The van der Waals surface area contributed by atoms with E-state index >= 15 is 0 Å². The van der Waals surface area contributed by atoms with Crippen LogP contribution >= 0.6 is 0 Å². The van der Waals surface area contributed by atoms with E-state index in [4.69, 9.17) is 9.15 Å². The monoisotopic (exact) mass is 368 g/mol. The van der Waals surface area contributed by atoms with Crippen LogP contribution in [0.25, 0.3) is 11.5 Å². The lowest BCUT2D eigenvalue weighted by atomic mass is 10.1. The maximum atomic E-state index is 12.6. The van der Waals surface area contributed by atoms with E-state index < -0.39 is 10.8 Å². The van der Waals surface area contributed by atoms with Crippen LogP contribution in [0.1, 0.15) is 16.2 Å². The zero-order valence-electron chi connectivity index (χ0n) is 14.7. The molecule has 0 saturated heterocycles. The van der Waals surface area contributed by atoms with Gasteiger partial charge in [-0.3, -0.25) is 14.9 Å². The first-order chi connectivity index (χ1) is 13.0. The number of rotatable bonds is 6. The van der Waals surface area contributed by atoms with Gasteiger partial charge in [-0.15, -0.1) is 10.2 Å². The largest absolute Gasteiger partial charge is 0.490 e. The zero-order valence-corrected chi connectivity index (χ0v) is 14.7. The second kappa shape index (κ2) is 7.65. The van der Waals surface area contributed by atoms with Crippen molar-refractivity contribution < 1.29 is 18.9 Å². The standard InChI is InChI=1S/C18H16N4O5/c1-21(11-16-19-20-17(27-16)12-6-4-3-5-7-12)18(23)13-8-9-15(26-2)14(10-13)22(24)25/h3-10H,11H2,1-2H3. The average Bonchev–Trinajstić information content (AvgIpc) is 3.16. The molecule has 0 saturated carbocycles. The minimum Gasteiger partial charge on any atom is -0.490 e. The maximum Gasteiger partial charge on any atom is 0.311 e. The summed E-state index contributed by atoms with van der Waals surface area (Å²) in [5, 5.41) is 19.0. The van der Waals surface area contributed by atoms with E-state index in [2.05, 4.69) is 10.2 Å². The van der Waals surface area contributed by atoms with Crippen molar-refractivity contribution in [2.45, 2.75) is 6.54 Å². The van der Waals surface area contributed by atoms with Gasteiger partial charge in [0.05, 0.1) is 18.6 Å². The first kappa shape index (κ1) is 18.1. The van der Waals surface area contributed by atoms with Gasteiger partial charge in [0.2, 0.25) is 11.8 Å². The molecule has 9 heteroatoms. The second-order valence-electron chi connectivity index (χ2n) is 5.67.